The number of carbonyl (C=O) groups excluding carboxylic acids is 3. The van der Waals surface area contributed by atoms with E-state index in [1.54, 1.807) is 13.2 Å². The van der Waals surface area contributed by atoms with Gasteiger partial charge in [-0.3, -0.25) is 4.79 Å². The summed E-state index contributed by atoms with van der Waals surface area (Å²) >= 11 is 1.20. The summed E-state index contributed by atoms with van der Waals surface area (Å²) in [5.41, 5.74) is 7.20. The minimum atomic E-state index is -0.595. The smallest absolute Gasteiger partial charge is 0.335 e. The van der Waals surface area contributed by atoms with Gasteiger partial charge in [0.2, 0.25) is 0 Å². The molecule has 1 heterocycles. The zero-order chi connectivity index (χ0) is 28.6. The summed E-state index contributed by atoms with van der Waals surface area (Å²) in [4.78, 5) is 45.3. The SMILES string of the molecule is COc1ccc(-c2cc(NC(=O)Nc3c(C)cc(C)cc3C)c(C(=O)NOC(=O)C3CCCCCCC3)s2)cc1. The number of hydrogen-bond donors (Lipinski definition) is 3. The fraction of sp³-hybridized carbons (Fsp3) is 0.387. The first-order valence-electron chi connectivity index (χ1n) is 13.7. The molecule has 9 heteroatoms. The quantitative estimate of drug-likeness (QED) is 0.269. The third-order valence-electron chi connectivity index (χ3n) is 7.16. The zero-order valence-electron chi connectivity index (χ0n) is 23.5. The monoisotopic (exact) mass is 563 g/mol. The molecule has 212 valence electrons. The van der Waals surface area contributed by atoms with Crippen LogP contribution in [0.25, 0.3) is 10.4 Å². The van der Waals surface area contributed by atoms with Gasteiger partial charge >= 0.3 is 12.0 Å². The van der Waals surface area contributed by atoms with Crippen LogP contribution in [0.5, 0.6) is 5.75 Å². The molecule has 1 aromatic heterocycles. The number of methoxy groups -OCH3 is 1. The lowest BCUT2D eigenvalue weighted by Crippen LogP contribution is -2.31. The molecule has 0 bridgehead atoms. The summed E-state index contributed by atoms with van der Waals surface area (Å²) in [7, 11) is 1.60. The van der Waals surface area contributed by atoms with Gasteiger partial charge in [-0.1, -0.05) is 49.8 Å². The van der Waals surface area contributed by atoms with Gasteiger partial charge in [0.05, 0.1) is 18.7 Å². The first kappa shape index (κ1) is 29.1. The van der Waals surface area contributed by atoms with E-state index in [-0.39, 0.29) is 10.8 Å². The minimum absolute atomic E-state index is 0.219. The number of thiophene rings is 1. The Morgan fingerprint density at radius 3 is 2.10 bits per heavy atom. The van der Waals surface area contributed by atoms with Gasteiger partial charge in [-0.2, -0.15) is 5.48 Å². The molecule has 40 heavy (non-hydrogen) atoms. The fourth-order valence-electron chi connectivity index (χ4n) is 5.11. The Balaban J connectivity index is 1.53. The molecule has 0 atom stereocenters. The van der Waals surface area contributed by atoms with Crippen molar-refractivity contribution in [2.45, 2.75) is 65.7 Å². The second-order valence-electron chi connectivity index (χ2n) is 10.3. The van der Waals surface area contributed by atoms with E-state index in [2.05, 4.69) is 16.1 Å². The van der Waals surface area contributed by atoms with E-state index in [4.69, 9.17) is 9.57 Å². The van der Waals surface area contributed by atoms with Crippen molar-refractivity contribution in [3.05, 3.63) is 64.0 Å². The van der Waals surface area contributed by atoms with Crippen LogP contribution in [-0.4, -0.2) is 25.0 Å². The van der Waals surface area contributed by atoms with Crippen molar-refractivity contribution in [2.24, 2.45) is 5.92 Å². The Labute approximate surface area is 239 Å². The van der Waals surface area contributed by atoms with Gasteiger partial charge in [-0.25, -0.2) is 9.59 Å². The second kappa shape index (κ2) is 13.5. The lowest BCUT2D eigenvalue weighted by Gasteiger charge is -2.18. The Bertz CT molecular complexity index is 1330. The lowest BCUT2D eigenvalue weighted by atomic mass is 9.91. The predicted octanol–water partition coefficient (Wildman–Crippen LogP) is 7.54. The third kappa shape index (κ3) is 7.41. The molecule has 0 spiro atoms. The number of ether oxygens (including phenoxy) is 1. The molecule has 8 nitrogen and oxygen atoms in total. The highest BCUT2D eigenvalue weighted by Crippen LogP contribution is 2.36. The van der Waals surface area contributed by atoms with E-state index in [1.807, 2.05) is 57.2 Å². The summed E-state index contributed by atoms with van der Waals surface area (Å²) in [6, 6.07) is 12.7. The number of hydroxylamine groups is 1. The summed E-state index contributed by atoms with van der Waals surface area (Å²) in [5.74, 6) is -0.522. The third-order valence-corrected chi connectivity index (χ3v) is 8.34. The summed E-state index contributed by atoms with van der Waals surface area (Å²) < 4.78 is 5.25. The number of benzene rings is 2. The Morgan fingerprint density at radius 2 is 1.48 bits per heavy atom. The van der Waals surface area contributed by atoms with Gasteiger partial charge in [0.25, 0.3) is 5.91 Å². The summed E-state index contributed by atoms with van der Waals surface area (Å²) in [6.07, 6.45) is 6.90. The van der Waals surface area contributed by atoms with Crippen molar-refractivity contribution in [2.75, 3.05) is 17.7 Å². The molecule has 0 aliphatic heterocycles. The molecule has 4 rings (SSSR count). The van der Waals surface area contributed by atoms with Gasteiger partial charge in [-0.05, 0) is 80.6 Å². The molecular weight excluding hydrogens is 526 g/mol. The predicted molar refractivity (Wildman–Crippen MR) is 159 cm³/mol. The van der Waals surface area contributed by atoms with Gasteiger partial charge in [0.15, 0.2) is 0 Å². The first-order chi connectivity index (χ1) is 19.2. The maximum Gasteiger partial charge on any atom is 0.335 e. The lowest BCUT2D eigenvalue weighted by molar-refractivity contribution is -0.154. The van der Waals surface area contributed by atoms with Crippen LogP contribution >= 0.6 is 11.3 Å². The molecule has 3 amide bonds. The molecule has 0 unspecified atom stereocenters. The number of anilines is 2. The molecule has 1 aliphatic carbocycles. The van der Waals surface area contributed by atoms with E-state index >= 15 is 0 Å². The van der Waals surface area contributed by atoms with Gasteiger partial charge in [-0.15, -0.1) is 11.3 Å². The van der Waals surface area contributed by atoms with Crippen molar-refractivity contribution < 1.29 is 24.0 Å². The number of urea groups is 1. The number of aryl methyl sites for hydroxylation is 3. The molecule has 3 aromatic rings. The first-order valence-corrected chi connectivity index (χ1v) is 14.5. The Hall–Kier alpha value is -3.85. The number of hydrogen-bond acceptors (Lipinski definition) is 6. The van der Waals surface area contributed by atoms with Crippen LogP contribution in [0, 0.1) is 26.7 Å². The van der Waals surface area contributed by atoms with Crippen LogP contribution in [0.2, 0.25) is 0 Å². The molecule has 0 radical (unpaired) electrons. The van der Waals surface area contributed by atoms with Crippen LogP contribution < -0.4 is 20.9 Å². The molecule has 0 saturated heterocycles. The second-order valence-corrected chi connectivity index (χ2v) is 11.4. The Morgan fingerprint density at radius 1 is 0.850 bits per heavy atom. The standard InChI is InChI=1S/C31H37N3O5S/c1-19-16-20(2)27(21(3)17-19)33-31(37)32-25-18-26(22-12-14-24(38-4)15-13-22)40-28(25)29(35)34-39-30(36)23-10-8-6-5-7-9-11-23/h12-18,23H,5-11H2,1-4H3,(H,34,35)(H2,32,33,37). The number of amides is 3. The number of carbonyl (C=O) groups is 3. The summed E-state index contributed by atoms with van der Waals surface area (Å²) in [5, 5.41) is 5.73. The largest absolute Gasteiger partial charge is 0.497 e. The molecule has 3 N–H and O–H groups in total. The molecule has 1 aliphatic rings. The highest BCUT2D eigenvalue weighted by Gasteiger charge is 2.24. The highest BCUT2D eigenvalue weighted by molar-refractivity contribution is 7.18. The number of rotatable bonds is 6. The maximum absolute atomic E-state index is 13.2. The van der Waals surface area contributed by atoms with Crippen LogP contribution in [0.3, 0.4) is 0 Å². The average molecular weight is 564 g/mol. The van der Waals surface area contributed by atoms with Gasteiger partial charge < -0.3 is 20.2 Å². The van der Waals surface area contributed by atoms with E-state index in [1.165, 1.54) is 17.8 Å². The van der Waals surface area contributed by atoms with Crippen molar-refractivity contribution >= 4 is 40.6 Å². The fourth-order valence-corrected chi connectivity index (χ4v) is 6.12. The van der Waals surface area contributed by atoms with Crippen molar-refractivity contribution in [3.8, 4) is 16.2 Å². The van der Waals surface area contributed by atoms with Gasteiger partial charge in [0, 0.05) is 10.6 Å². The van der Waals surface area contributed by atoms with Crippen LogP contribution in [0.15, 0.2) is 42.5 Å². The topological polar surface area (TPSA) is 106 Å². The average Bonchev–Trinajstić information content (AvgIpc) is 3.32. The number of nitrogens with one attached hydrogen (secondary N) is 3. The Kier molecular flexibility index (Phi) is 9.82. The van der Waals surface area contributed by atoms with E-state index in [9.17, 15) is 14.4 Å². The van der Waals surface area contributed by atoms with Crippen LogP contribution in [0.4, 0.5) is 16.2 Å². The summed E-state index contributed by atoms with van der Waals surface area (Å²) in [6.45, 7) is 5.88. The molecule has 1 fully saturated rings. The minimum Gasteiger partial charge on any atom is -0.497 e. The van der Waals surface area contributed by atoms with Crippen LogP contribution in [0.1, 0.15) is 71.3 Å². The zero-order valence-corrected chi connectivity index (χ0v) is 24.3. The molecule has 2 aromatic carbocycles. The van der Waals surface area contributed by atoms with Crippen molar-refractivity contribution in [3.63, 3.8) is 0 Å². The normalized spacial score (nSPS) is 14.0. The van der Waals surface area contributed by atoms with Crippen LogP contribution in [-0.2, 0) is 9.63 Å². The van der Waals surface area contributed by atoms with E-state index < -0.39 is 17.9 Å². The van der Waals surface area contributed by atoms with E-state index in [0.717, 1.165) is 65.7 Å². The maximum atomic E-state index is 13.2. The highest BCUT2D eigenvalue weighted by atomic mass is 32.1. The molecular formula is C31H37N3O5S. The van der Waals surface area contributed by atoms with E-state index in [0.29, 0.717) is 17.1 Å². The molecule has 1 saturated carbocycles. The van der Waals surface area contributed by atoms with Crippen molar-refractivity contribution in [1.29, 1.82) is 0 Å². The van der Waals surface area contributed by atoms with Gasteiger partial charge in [0.1, 0.15) is 10.6 Å². The van der Waals surface area contributed by atoms with Crippen molar-refractivity contribution in [1.82, 2.24) is 5.48 Å².